The van der Waals surface area contributed by atoms with Crippen molar-refractivity contribution in [1.82, 2.24) is 4.57 Å². The number of thiazole rings is 1. The van der Waals surface area contributed by atoms with Gasteiger partial charge in [-0.25, -0.2) is 4.79 Å². The van der Waals surface area contributed by atoms with Crippen LogP contribution in [0.1, 0.15) is 40.2 Å². The van der Waals surface area contributed by atoms with E-state index in [-0.39, 0.29) is 5.91 Å². The van der Waals surface area contributed by atoms with E-state index in [0.29, 0.717) is 11.2 Å². The molecule has 1 N–H and O–H groups in total. The number of hydrogen-bond donors (Lipinski definition) is 1. The van der Waals surface area contributed by atoms with E-state index < -0.39 is 17.4 Å². The highest BCUT2D eigenvalue weighted by atomic mass is 32.1. The summed E-state index contributed by atoms with van der Waals surface area (Å²) in [5, 5.41) is 9.48. The molecule has 22 heavy (non-hydrogen) atoms. The van der Waals surface area contributed by atoms with E-state index in [1.807, 2.05) is 31.2 Å². The van der Waals surface area contributed by atoms with Gasteiger partial charge in [-0.2, -0.15) is 4.99 Å². The number of carbonyl (C=O) groups excluding carboxylic acids is 1. The molecule has 1 unspecified atom stereocenters. The van der Waals surface area contributed by atoms with Crippen molar-refractivity contribution in [3.8, 4) is 0 Å². The van der Waals surface area contributed by atoms with Crippen LogP contribution in [0.3, 0.4) is 0 Å². The van der Waals surface area contributed by atoms with Crippen molar-refractivity contribution in [1.29, 1.82) is 0 Å². The van der Waals surface area contributed by atoms with E-state index in [1.165, 1.54) is 11.3 Å². The minimum atomic E-state index is -0.921. The predicted molar refractivity (Wildman–Crippen MR) is 86.8 cm³/mol. The minimum Gasteiger partial charge on any atom is -0.480 e. The summed E-state index contributed by atoms with van der Waals surface area (Å²) < 4.78 is 2.58. The second kappa shape index (κ2) is 6.04. The van der Waals surface area contributed by atoms with Crippen LogP contribution in [-0.4, -0.2) is 21.6 Å². The largest absolute Gasteiger partial charge is 0.480 e. The number of aromatic nitrogens is 1. The minimum absolute atomic E-state index is 0.256. The van der Waals surface area contributed by atoms with Crippen molar-refractivity contribution >= 4 is 33.4 Å². The summed E-state index contributed by atoms with van der Waals surface area (Å²) in [6.07, 6.45) is 0.424. The van der Waals surface area contributed by atoms with E-state index in [9.17, 15) is 14.7 Å². The lowest BCUT2D eigenvalue weighted by Gasteiger charge is -2.15. The SMILES string of the molecule is CCC(C(=O)O)n1c(=NC(=O)C(C)(C)C)sc2ccccc21. The molecule has 0 saturated carbocycles. The number of benzene rings is 1. The van der Waals surface area contributed by atoms with Gasteiger partial charge in [-0.3, -0.25) is 4.79 Å². The Labute approximate surface area is 132 Å². The van der Waals surface area contributed by atoms with Crippen molar-refractivity contribution in [2.45, 2.75) is 40.2 Å². The topological polar surface area (TPSA) is 71.7 Å². The number of carboxylic acids is 1. The molecule has 0 saturated heterocycles. The molecule has 0 aliphatic heterocycles. The monoisotopic (exact) mass is 320 g/mol. The highest BCUT2D eigenvalue weighted by Crippen LogP contribution is 2.23. The summed E-state index contributed by atoms with van der Waals surface area (Å²) in [6.45, 7) is 7.20. The lowest BCUT2D eigenvalue weighted by molar-refractivity contribution is -0.141. The number of carbonyl (C=O) groups is 2. The first-order chi connectivity index (χ1) is 10.3. The van der Waals surface area contributed by atoms with Gasteiger partial charge in [0.1, 0.15) is 6.04 Å². The molecule has 5 nitrogen and oxygen atoms in total. The molecule has 1 aromatic carbocycles. The number of aliphatic carboxylic acids is 1. The molecule has 0 aliphatic carbocycles. The Morgan fingerprint density at radius 1 is 1.32 bits per heavy atom. The Balaban J connectivity index is 2.76. The van der Waals surface area contributed by atoms with Gasteiger partial charge < -0.3 is 9.67 Å². The third kappa shape index (κ3) is 3.11. The van der Waals surface area contributed by atoms with E-state index in [2.05, 4.69) is 4.99 Å². The van der Waals surface area contributed by atoms with Gasteiger partial charge in [0.25, 0.3) is 5.91 Å². The van der Waals surface area contributed by atoms with Gasteiger partial charge in [0.2, 0.25) is 0 Å². The first-order valence-electron chi connectivity index (χ1n) is 7.17. The molecular weight excluding hydrogens is 300 g/mol. The number of nitrogens with zero attached hydrogens (tertiary/aromatic N) is 2. The van der Waals surface area contributed by atoms with E-state index >= 15 is 0 Å². The number of amides is 1. The van der Waals surface area contributed by atoms with Crippen LogP contribution in [0.2, 0.25) is 0 Å². The van der Waals surface area contributed by atoms with Crippen molar-refractivity contribution in [3.63, 3.8) is 0 Å². The zero-order chi connectivity index (χ0) is 16.5. The lowest BCUT2D eigenvalue weighted by Crippen LogP contribution is -2.29. The molecule has 0 radical (unpaired) electrons. The van der Waals surface area contributed by atoms with Gasteiger partial charge in [0.15, 0.2) is 4.80 Å². The maximum atomic E-state index is 12.2. The number of fused-ring (bicyclic) bond motifs is 1. The number of carboxylic acid groups (broad SMARTS) is 1. The normalized spacial score (nSPS) is 14.3. The zero-order valence-corrected chi connectivity index (χ0v) is 14.0. The van der Waals surface area contributed by atoms with E-state index in [0.717, 1.165) is 10.2 Å². The quantitative estimate of drug-likeness (QED) is 0.944. The van der Waals surface area contributed by atoms with E-state index in [1.54, 1.807) is 25.3 Å². The van der Waals surface area contributed by atoms with Gasteiger partial charge in [-0.1, -0.05) is 51.2 Å². The Morgan fingerprint density at radius 2 is 1.95 bits per heavy atom. The molecule has 118 valence electrons. The van der Waals surface area contributed by atoms with Crippen molar-refractivity contribution < 1.29 is 14.7 Å². The maximum absolute atomic E-state index is 12.2. The van der Waals surface area contributed by atoms with Gasteiger partial charge in [-0.05, 0) is 18.6 Å². The van der Waals surface area contributed by atoms with Crippen LogP contribution in [0.4, 0.5) is 0 Å². The molecule has 0 spiro atoms. The molecule has 1 atom stereocenters. The van der Waals surface area contributed by atoms with Crippen LogP contribution >= 0.6 is 11.3 Å². The fourth-order valence-electron chi connectivity index (χ4n) is 2.09. The number of hydrogen-bond acceptors (Lipinski definition) is 3. The van der Waals surface area contributed by atoms with Crippen LogP contribution in [0.5, 0.6) is 0 Å². The number of para-hydroxylation sites is 1. The lowest BCUT2D eigenvalue weighted by atomic mass is 9.96. The molecule has 0 fully saturated rings. The summed E-state index contributed by atoms with van der Waals surface area (Å²) >= 11 is 1.34. The average Bonchev–Trinajstić information content (AvgIpc) is 2.77. The van der Waals surface area contributed by atoms with Crippen LogP contribution in [0.15, 0.2) is 29.3 Å². The molecule has 0 aliphatic rings. The average molecular weight is 320 g/mol. The summed E-state index contributed by atoms with van der Waals surface area (Å²) in [5.41, 5.74) is 0.195. The molecule has 6 heteroatoms. The molecule has 2 aromatic rings. The Hall–Kier alpha value is -1.95. The molecular formula is C16H20N2O3S. The van der Waals surface area contributed by atoms with Gasteiger partial charge >= 0.3 is 5.97 Å². The maximum Gasteiger partial charge on any atom is 0.326 e. The van der Waals surface area contributed by atoms with Gasteiger partial charge in [-0.15, -0.1) is 0 Å². The van der Waals surface area contributed by atoms with E-state index in [4.69, 9.17) is 0 Å². The van der Waals surface area contributed by atoms with Gasteiger partial charge in [0, 0.05) is 5.41 Å². The number of rotatable bonds is 3. The van der Waals surface area contributed by atoms with Crippen LogP contribution in [0, 0.1) is 5.41 Å². The Bertz CT molecular complexity index is 781. The molecule has 2 rings (SSSR count). The van der Waals surface area contributed by atoms with Gasteiger partial charge in [0.05, 0.1) is 10.2 Å². The van der Waals surface area contributed by atoms with Crippen molar-refractivity contribution in [3.05, 3.63) is 29.1 Å². The first-order valence-corrected chi connectivity index (χ1v) is 7.99. The van der Waals surface area contributed by atoms with Crippen molar-refractivity contribution in [2.24, 2.45) is 10.4 Å². The predicted octanol–water partition coefficient (Wildman–Crippen LogP) is 3.21. The molecule has 1 aromatic heterocycles. The molecule has 1 heterocycles. The second-order valence-electron chi connectivity index (χ2n) is 6.15. The highest BCUT2D eigenvalue weighted by Gasteiger charge is 2.24. The Kier molecular flexibility index (Phi) is 4.51. The summed E-state index contributed by atoms with van der Waals surface area (Å²) in [7, 11) is 0. The standard InChI is InChI=1S/C16H20N2O3S/c1-5-10(13(19)20)18-11-8-6-7-9-12(11)22-15(18)17-14(21)16(2,3)4/h6-10H,5H2,1-4H3,(H,19,20). The second-order valence-corrected chi connectivity index (χ2v) is 7.16. The zero-order valence-electron chi connectivity index (χ0n) is 13.2. The fourth-order valence-corrected chi connectivity index (χ4v) is 3.16. The Morgan fingerprint density at radius 3 is 2.50 bits per heavy atom. The summed E-state index contributed by atoms with van der Waals surface area (Å²) in [4.78, 5) is 28.4. The third-order valence-electron chi connectivity index (χ3n) is 3.35. The van der Waals surface area contributed by atoms with Crippen LogP contribution in [0.25, 0.3) is 10.2 Å². The van der Waals surface area contributed by atoms with Crippen molar-refractivity contribution in [2.75, 3.05) is 0 Å². The van der Waals surface area contributed by atoms with Crippen LogP contribution in [-0.2, 0) is 9.59 Å². The third-order valence-corrected chi connectivity index (χ3v) is 4.39. The molecule has 0 bridgehead atoms. The summed E-state index contributed by atoms with van der Waals surface area (Å²) in [5.74, 6) is -1.18. The fraction of sp³-hybridized carbons (Fsp3) is 0.438. The first kappa shape index (κ1) is 16.4. The smallest absolute Gasteiger partial charge is 0.326 e. The van der Waals surface area contributed by atoms with Crippen LogP contribution < -0.4 is 4.80 Å². The molecule has 1 amide bonds. The highest BCUT2D eigenvalue weighted by molar-refractivity contribution is 7.16. The summed E-state index contributed by atoms with van der Waals surface area (Å²) in [6, 6.07) is 6.78.